The maximum absolute atomic E-state index is 12.5. The van der Waals surface area contributed by atoms with Crippen molar-refractivity contribution < 1.29 is 9.59 Å². The molecule has 0 aliphatic carbocycles. The van der Waals surface area contributed by atoms with Crippen LogP contribution >= 0.6 is 0 Å². The van der Waals surface area contributed by atoms with Crippen LogP contribution in [0, 0.1) is 0 Å². The van der Waals surface area contributed by atoms with Crippen LogP contribution in [0.2, 0.25) is 0 Å². The summed E-state index contributed by atoms with van der Waals surface area (Å²) in [5.41, 5.74) is 7.26. The molecule has 0 unspecified atom stereocenters. The van der Waals surface area contributed by atoms with Crippen LogP contribution in [0.1, 0.15) is 21.5 Å². The summed E-state index contributed by atoms with van der Waals surface area (Å²) in [7, 11) is 7.87. The standard InChI is InChI=1S/C28H30N6O2/c1-6-27(35)34(30-20-22-9-15-25(16-10-22)33(4)5)26-17-11-23(12-18-26)28(36)31-29-19-21-7-13-24(14-8-21)32(2)3/h6-20H,1H2,2-5H3,(H,31,36). The van der Waals surface area contributed by atoms with E-state index >= 15 is 0 Å². The summed E-state index contributed by atoms with van der Waals surface area (Å²) in [6.45, 7) is 3.56. The molecule has 2 amide bonds. The number of anilines is 3. The van der Waals surface area contributed by atoms with Gasteiger partial charge in [-0.05, 0) is 65.7 Å². The Bertz CT molecular complexity index is 1240. The monoisotopic (exact) mass is 482 g/mol. The van der Waals surface area contributed by atoms with Crippen molar-refractivity contribution in [2.24, 2.45) is 10.2 Å². The molecule has 8 nitrogen and oxygen atoms in total. The van der Waals surface area contributed by atoms with Gasteiger partial charge in [-0.2, -0.15) is 15.2 Å². The quantitative estimate of drug-likeness (QED) is 0.282. The molecule has 0 aliphatic rings. The fraction of sp³-hybridized carbons (Fsp3) is 0.143. The molecule has 0 heterocycles. The second-order valence-corrected chi connectivity index (χ2v) is 8.32. The van der Waals surface area contributed by atoms with Gasteiger partial charge in [-0.1, -0.05) is 30.8 Å². The van der Waals surface area contributed by atoms with Gasteiger partial charge in [-0.3, -0.25) is 9.59 Å². The molecule has 0 saturated heterocycles. The largest absolute Gasteiger partial charge is 0.378 e. The zero-order valence-corrected chi connectivity index (χ0v) is 20.9. The van der Waals surface area contributed by atoms with Crippen LogP contribution in [-0.4, -0.2) is 52.4 Å². The highest BCUT2D eigenvalue weighted by Crippen LogP contribution is 2.18. The molecule has 0 saturated carbocycles. The van der Waals surface area contributed by atoms with Gasteiger partial charge in [0.1, 0.15) is 0 Å². The summed E-state index contributed by atoms with van der Waals surface area (Å²) in [5.74, 6) is -0.757. The molecule has 0 radical (unpaired) electrons. The number of carbonyl (C=O) groups is 2. The van der Waals surface area contributed by atoms with E-state index in [1.807, 2.05) is 86.5 Å². The number of amides is 2. The number of nitrogens with one attached hydrogen (secondary N) is 1. The topological polar surface area (TPSA) is 80.6 Å². The lowest BCUT2D eigenvalue weighted by molar-refractivity contribution is -0.114. The van der Waals surface area contributed by atoms with Crippen LogP contribution in [0.25, 0.3) is 0 Å². The van der Waals surface area contributed by atoms with Crippen molar-refractivity contribution in [2.75, 3.05) is 43.0 Å². The zero-order valence-electron chi connectivity index (χ0n) is 20.9. The first-order valence-corrected chi connectivity index (χ1v) is 11.3. The van der Waals surface area contributed by atoms with Crippen molar-refractivity contribution in [3.05, 3.63) is 102 Å². The number of carbonyl (C=O) groups excluding carboxylic acids is 2. The summed E-state index contributed by atoms with van der Waals surface area (Å²) >= 11 is 0. The third-order valence-corrected chi connectivity index (χ3v) is 5.28. The minimum absolute atomic E-state index is 0.367. The molecule has 184 valence electrons. The first kappa shape index (κ1) is 25.9. The number of benzene rings is 3. The number of hydrogen-bond donors (Lipinski definition) is 1. The lowest BCUT2D eigenvalue weighted by Gasteiger charge is -2.16. The average Bonchev–Trinajstić information content (AvgIpc) is 2.89. The molecule has 0 atom stereocenters. The van der Waals surface area contributed by atoms with E-state index in [0.29, 0.717) is 11.3 Å². The lowest BCUT2D eigenvalue weighted by Crippen LogP contribution is -2.23. The second-order valence-electron chi connectivity index (χ2n) is 8.32. The molecule has 36 heavy (non-hydrogen) atoms. The number of rotatable bonds is 9. The second kappa shape index (κ2) is 12.1. The van der Waals surface area contributed by atoms with Crippen LogP contribution in [0.3, 0.4) is 0 Å². The minimum Gasteiger partial charge on any atom is -0.378 e. The van der Waals surface area contributed by atoms with Crippen molar-refractivity contribution in [1.29, 1.82) is 0 Å². The van der Waals surface area contributed by atoms with E-state index in [-0.39, 0.29) is 5.91 Å². The van der Waals surface area contributed by atoms with Gasteiger partial charge in [0.05, 0.1) is 18.1 Å². The van der Waals surface area contributed by atoms with E-state index in [9.17, 15) is 9.59 Å². The molecule has 0 aliphatic heterocycles. The molecule has 1 N–H and O–H groups in total. The lowest BCUT2D eigenvalue weighted by atomic mass is 10.2. The van der Waals surface area contributed by atoms with Gasteiger partial charge in [0, 0.05) is 45.1 Å². The molecule has 0 spiro atoms. The van der Waals surface area contributed by atoms with E-state index in [0.717, 1.165) is 22.5 Å². The van der Waals surface area contributed by atoms with Crippen molar-refractivity contribution in [3.8, 4) is 0 Å². The number of hydrazone groups is 2. The Morgan fingerprint density at radius 1 is 0.722 bits per heavy atom. The summed E-state index contributed by atoms with van der Waals surface area (Å²) < 4.78 is 0. The molecule has 0 fully saturated rings. The molecule has 3 aromatic rings. The van der Waals surface area contributed by atoms with E-state index < -0.39 is 5.91 Å². The first-order chi connectivity index (χ1) is 17.3. The van der Waals surface area contributed by atoms with Crippen molar-refractivity contribution >= 4 is 41.3 Å². The fourth-order valence-electron chi connectivity index (χ4n) is 3.16. The minimum atomic E-state index is -0.391. The number of hydrogen-bond acceptors (Lipinski definition) is 6. The smallest absolute Gasteiger partial charge is 0.271 e. The number of nitrogens with zero attached hydrogens (tertiary/aromatic N) is 5. The van der Waals surface area contributed by atoms with E-state index in [1.165, 1.54) is 11.1 Å². The van der Waals surface area contributed by atoms with Gasteiger partial charge in [0.25, 0.3) is 11.8 Å². The van der Waals surface area contributed by atoms with Crippen LogP contribution in [-0.2, 0) is 4.79 Å². The van der Waals surface area contributed by atoms with Gasteiger partial charge in [0.2, 0.25) is 0 Å². The van der Waals surface area contributed by atoms with Crippen molar-refractivity contribution in [3.63, 3.8) is 0 Å². The van der Waals surface area contributed by atoms with Gasteiger partial charge in [-0.15, -0.1) is 0 Å². The maximum Gasteiger partial charge on any atom is 0.271 e. The fourth-order valence-corrected chi connectivity index (χ4v) is 3.16. The maximum atomic E-state index is 12.5. The predicted molar refractivity (Wildman–Crippen MR) is 148 cm³/mol. The zero-order chi connectivity index (χ0) is 26.1. The highest BCUT2D eigenvalue weighted by atomic mass is 16.2. The third-order valence-electron chi connectivity index (χ3n) is 5.28. The molecule has 8 heteroatoms. The Hall–Kier alpha value is -4.72. The average molecular weight is 483 g/mol. The summed E-state index contributed by atoms with van der Waals surface area (Å²) in [6, 6.07) is 22.1. The molecule has 0 aromatic heterocycles. The Labute approximate surface area is 211 Å². The van der Waals surface area contributed by atoms with Crippen LogP contribution in [0.15, 0.2) is 95.7 Å². The van der Waals surface area contributed by atoms with E-state index in [2.05, 4.69) is 22.2 Å². The first-order valence-electron chi connectivity index (χ1n) is 11.3. The summed E-state index contributed by atoms with van der Waals surface area (Å²) in [6.07, 6.45) is 4.37. The molecular formula is C28H30N6O2. The van der Waals surface area contributed by atoms with Crippen molar-refractivity contribution in [1.82, 2.24) is 5.43 Å². The Morgan fingerprint density at radius 2 is 1.19 bits per heavy atom. The molecule has 3 rings (SSSR count). The van der Waals surface area contributed by atoms with Gasteiger partial charge in [-0.25, -0.2) is 5.43 Å². The summed E-state index contributed by atoms with van der Waals surface area (Å²) in [4.78, 5) is 28.9. The Balaban J connectivity index is 1.67. The van der Waals surface area contributed by atoms with Gasteiger partial charge in [0.15, 0.2) is 0 Å². The van der Waals surface area contributed by atoms with Crippen LogP contribution in [0.5, 0.6) is 0 Å². The Kier molecular flexibility index (Phi) is 8.72. The molecule has 3 aromatic carbocycles. The Morgan fingerprint density at radius 3 is 1.67 bits per heavy atom. The molecule has 0 bridgehead atoms. The van der Waals surface area contributed by atoms with E-state index in [1.54, 1.807) is 36.7 Å². The van der Waals surface area contributed by atoms with Crippen LogP contribution < -0.4 is 20.2 Å². The highest BCUT2D eigenvalue weighted by molar-refractivity contribution is 6.02. The van der Waals surface area contributed by atoms with Gasteiger partial charge < -0.3 is 9.80 Å². The van der Waals surface area contributed by atoms with Crippen molar-refractivity contribution in [2.45, 2.75) is 0 Å². The third kappa shape index (κ3) is 6.89. The van der Waals surface area contributed by atoms with E-state index in [4.69, 9.17) is 0 Å². The van der Waals surface area contributed by atoms with Gasteiger partial charge >= 0.3 is 0 Å². The SMILES string of the molecule is C=CC(=O)N(N=Cc1ccc(N(C)C)cc1)c1ccc(C(=O)NN=Cc2ccc(N(C)C)cc2)cc1. The predicted octanol–water partition coefficient (Wildman–Crippen LogP) is 4.14. The highest BCUT2D eigenvalue weighted by Gasteiger charge is 2.13. The molecular weight excluding hydrogens is 452 g/mol. The van der Waals surface area contributed by atoms with Crippen LogP contribution in [0.4, 0.5) is 17.1 Å². The normalized spacial score (nSPS) is 10.9. The summed E-state index contributed by atoms with van der Waals surface area (Å²) in [5, 5.41) is 9.59.